The highest BCUT2D eigenvalue weighted by molar-refractivity contribution is 5.92. The number of benzene rings is 6. The third-order valence-corrected chi connectivity index (χ3v) is 11.7. The predicted octanol–water partition coefficient (Wildman–Crippen LogP) is 5.93. The Bertz CT molecular complexity index is 2860. The van der Waals surface area contributed by atoms with E-state index in [4.69, 9.17) is 42.6 Å². The zero-order valence-corrected chi connectivity index (χ0v) is 39.5. The molecule has 1 unspecified atom stereocenters. The molecule has 6 aromatic carbocycles. The molecule has 1 amide bonds. The molecule has 0 saturated carbocycles. The van der Waals surface area contributed by atoms with Crippen molar-refractivity contribution >= 4 is 41.7 Å². The van der Waals surface area contributed by atoms with Crippen molar-refractivity contribution in [3.63, 3.8) is 0 Å². The molecule has 74 heavy (non-hydrogen) atoms. The summed E-state index contributed by atoms with van der Waals surface area (Å²) < 4.78 is 55.4. The maximum Gasteiger partial charge on any atom is 0.338 e. The Morgan fingerprint density at radius 2 is 0.851 bits per heavy atom. The second kappa shape index (κ2) is 24.7. The Morgan fingerprint density at radius 1 is 0.473 bits per heavy atom. The maximum absolute atomic E-state index is 14.2. The van der Waals surface area contributed by atoms with Crippen LogP contribution in [0.15, 0.2) is 182 Å². The highest BCUT2D eigenvalue weighted by Gasteiger charge is 2.58. The lowest BCUT2D eigenvalue weighted by atomic mass is 9.95. The Hall–Kier alpha value is -8.55. The summed E-state index contributed by atoms with van der Waals surface area (Å²) in [5.41, 5.74) is 0.472. The van der Waals surface area contributed by atoms with Crippen molar-refractivity contribution < 1.29 is 81.3 Å². The van der Waals surface area contributed by atoms with Crippen LogP contribution in [0.5, 0.6) is 0 Å². The van der Waals surface area contributed by atoms with E-state index in [1.807, 2.05) is 0 Å². The molecule has 380 valence electrons. The number of amides is 1. The summed E-state index contributed by atoms with van der Waals surface area (Å²) in [4.78, 5) is 96.2. The van der Waals surface area contributed by atoms with E-state index in [0.29, 0.717) is 0 Å². The van der Waals surface area contributed by atoms with E-state index in [1.54, 1.807) is 109 Å². The minimum Gasteiger partial charge on any atom is -0.459 e. The Morgan fingerprint density at radius 3 is 1.28 bits per heavy atom. The first-order valence-corrected chi connectivity index (χ1v) is 23.3. The smallest absolute Gasteiger partial charge is 0.338 e. The van der Waals surface area contributed by atoms with Crippen LogP contribution >= 0.6 is 0 Å². The largest absolute Gasteiger partial charge is 0.459 e. The Kier molecular flexibility index (Phi) is 17.3. The lowest BCUT2D eigenvalue weighted by Crippen LogP contribution is -2.66. The van der Waals surface area contributed by atoms with Gasteiger partial charge in [-0.1, -0.05) is 109 Å². The Labute approximate surface area is 424 Å². The van der Waals surface area contributed by atoms with Gasteiger partial charge in [-0.2, -0.15) is 0 Å². The fourth-order valence-electron chi connectivity index (χ4n) is 8.12. The molecule has 18 nitrogen and oxygen atoms in total. The molecule has 6 aromatic rings. The normalized spacial score (nSPS) is 22.4. The number of aliphatic hydroxyl groups is 1. The van der Waals surface area contributed by atoms with Crippen molar-refractivity contribution in [1.82, 2.24) is 5.32 Å². The topological polar surface area (TPSA) is 235 Å². The minimum absolute atomic E-state index is 0.0295. The molecular weight excluding hydrogens is 959 g/mol. The van der Waals surface area contributed by atoms with Gasteiger partial charge in [0.05, 0.1) is 33.4 Å². The fourth-order valence-corrected chi connectivity index (χ4v) is 8.12. The first-order valence-electron chi connectivity index (χ1n) is 23.3. The molecule has 0 radical (unpaired) electrons. The van der Waals surface area contributed by atoms with Gasteiger partial charge in [-0.15, -0.1) is 0 Å². The van der Waals surface area contributed by atoms with Gasteiger partial charge in [-0.25, -0.2) is 28.8 Å². The van der Waals surface area contributed by atoms with E-state index >= 15 is 0 Å². The van der Waals surface area contributed by atoms with Gasteiger partial charge in [0.25, 0.3) is 0 Å². The van der Waals surface area contributed by atoms with Gasteiger partial charge in [0, 0.05) is 6.92 Å². The second-order valence-corrected chi connectivity index (χ2v) is 16.8. The molecule has 2 aliphatic rings. The molecular formula is C56H49NO17. The van der Waals surface area contributed by atoms with Crippen LogP contribution in [0.4, 0.5) is 0 Å². The van der Waals surface area contributed by atoms with Crippen LogP contribution in [0.3, 0.4) is 0 Å². The SMILES string of the molecule is CC(=O)N[C@H]1C(O)O[C@H](COC(=O)c2ccccc2)[C@@H](O[C@@H]2O[C@@H]([C@@H](COC(=O)c3ccccc3)OC(=O)c3ccccc3)[C@H](OC(=O)c3ccccc3)[C@H]2OC(=O)c2ccccc2)[C@@H]1OC(=O)c1ccccc1. The molecule has 2 aliphatic heterocycles. The maximum atomic E-state index is 14.2. The lowest BCUT2D eigenvalue weighted by molar-refractivity contribution is -0.299. The lowest BCUT2D eigenvalue weighted by Gasteiger charge is -2.45. The number of hydrogen-bond donors (Lipinski definition) is 2. The van der Waals surface area contributed by atoms with Gasteiger partial charge in [0.15, 0.2) is 37.0 Å². The highest BCUT2D eigenvalue weighted by Crippen LogP contribution is 2.37. The average Bonchev–Trinajstić information content (AvgIpc) is 3.76. The summed E-state index contributed by atoms with van der Waals surface area (Å²) in [6.45, 7) is -0.282. The highest BCUT2D eigenvalue weighted by atomic mass is 16.8. The van der Waals surface area contributed by atoms with Gasteiger partial charge in [-0.05, 0) is 72.8 Å². The van der Waals surface area contributed by atoms with Crippen LogP contribution < -0.4 is 5.32 Å². The van der Waals surface area contributed by atoms with E-state index in [0.717, 1.165) is 6.92 Å². The summed E-state index contributed by atoms with van der Waals surface area (Å²) in [5, 5.41) is 14.1. The quantitative estimate of drug-likeness (QED) is 0.0749. The van der Waals surface area contributed by atoms with E-state index in [9.17, 15) is 38.7 Å². The van der Waals surface area contributed by atoms with E-state index in [1.165, 1.54) is 72.8 Å². The Balaban J connectivity index is 1.24. The van der Waals surface area contributed by atoms with Gasteiger partial charge >= 0.3 is 35.8 Å². The predicted molar refractivity (Wildman–Crippen MR) is 258 cm³/mol. The number of carbonyl (C=O) groups excluding carboxylic acids is 7. The summed E-state index contributed by atoms with van der Waals surface area (Å²) in [6.07, 6.45) is -16.0. The number of nitrogens with one attached hydrogen (secondary N) is 1. The first-order chi connectivity index (χ1) is 35.9. The van der Waals surface area contributed by atoms with Crippen LogP contribution in [0, 0.1) is 0 Å². The molecule has 10 atom stereocenters. The van der Waals surface area contributed by atoms with Crippen LogP contribution in [0.2, 0.25) is 0 Å². The molecule has 2 N–H and O–H groups in total. The fraction of sp³-hybridized carbons (Fsp3) is 0.232. The van der Waals surface area contributed by atoms with Crippen LogP contribution in [-0.2, 0) is 47.4 Å². The van der Waals surface area contributed by atoms with E-state index in [2.05, 4.69) is 5.32 Å². The van der Waals surface area contributed by atoms with Crippen LogP contribution in [-0.4, -0.2) is 121 Å². The van der Waals surface area contributed by atoms with Crippen LogP contribution in [0.1, 0.15) is 69.1 Å². The molecule has 2 heterocycles. The summed E-state index contributed by atoms with van der Waals surface area (Å²) in [6, 6.07) is 45.2. The molecule has 0 spiro atoms. The average molecular weight is 1010 g/mol. The summed E-state index contributed by atoms with van der Waals surface area (Å²) in [5.74, 6) is -6.17. The monoisotopic (exact) mass is 1010 g/mol. The number of rotatable bonds is 18. The van der Waals surface area contributed by atoms with Crippen molar-refractivity contribution in [2.75, 3.05) is 13.2 Å². The zero-order valence-electron chi connectivity index (χ0n) is 39.5. The minimum atomic E-state index is -1.95. The third-order valence-electron chi connectivity index (χ3n) is 11.7. The summed E-state index contributed by atoms with van der Waals surface area (Å²) in [7, 11) is 0. The van der Waals surface area contributed by atoms with Crippen molar-refractivity contribution in [3.8, 4) is 0 Å². The van der Waals surface area contributed by atoms with Crippen LogP contribution in [0.25, 0.3) is 0 Å². The molecule has 2 fully saturated rings. The molecule has 0 aliphatic carbocycles. The van der Waals surface area contributed by atoms with Gasteiger partial charge in [0.1, 0.15) is 37.6 Å². The number of hydrogen-bond acceptors (Lipinski definition) is 17. The van der Waals surface area contributed by atoms with Gasteiger partial charge in [-0.3, -0.25) is 4.79 Å². The molecule has 18 heteroatoms. The second-order valence-electron chi connectivity index (χ2n) is 16.8. The van der Waals surface area contributed by atoms with E-state index in [-0.39, 0.29) is 33.4 Å². The molecule has 0 aromatic heterocycles. The molecule has 2 saturated heterocycles. The van der Waals surface area contributed by atoms with Gasteiger partial charge in [0.2, 0.25) is 5.91 Å². The van der Waals surface area contributed by atoms with Gasteiger partial charge < -0.3 is 53.1 Å². The first kappa shape index (κ1) is 51.8. The number of aliphatic hydroxyl groups excluding tert-OH is 1. The number of carbonyl (C=O) groups is 7. The number of ether oxygens (including phenoxy) is 9. The third kappa shape index (κ3) is 13.1. The molecule has 8 rings (SSSR count). The van der Waals surface area contributed by atoms with E-state index < -0.39 is 116 Å². The summed E-state index contributed by atoms with van der Waals surface area (Å²) >= 11 is 0. The van der Waals surface area contributed by atoms with Crippen molar-refractivity contribution in [1.29, 1.82) is 0 Å². The van der Waals surface area contributed by atoms with Crippen molar-refractivity contribution in [2.24, 2.45) is 0 Å². The van der Waals surface area contributed by atoms with Crippen molar-refractivity contribution in [3.05, 3.63) is 215 Å². The molecule has 0 bridgehead atoms. The van der Waals surface area contributed by atoms with Crippen molar-refractivity contribution in [2.45, 2.75) is 68.3 Å². The number of esters is 6. The zero-order chi connectivity index (χ0) is 52.0. The standard InChI is InChI=1S/C56H49NO17/c1-34(58)57-43-46(70-52(62)38-26-14-5-15-27-38)44(41(69-55(43)65)32-66-49(59)35-20-8-2-9-21-35)73-56-48(72-54(64)40-30-18-7-19-31-40)47(71-53(63)39-28-16-6-17-29-39)45(74-56)42(68-51(61)37-24-12-4-13-25-37)33-67-50(60)36-22-10-3-11-23-36/h2-31,41-48,55-56,65H,32-33H2,1H3,(H,57,58)/t41-,42-,43-,44-,45+,46-,47+,48-,55?,56-/m1/s1.